The minimum absolute atomic E-state index is 0.0857. The molecule has 0 spiro atoms. The molecule has 0 saturated heterocycles. The number of unbranched alkanes of at least 4 members (excludes halogenated alkanes) is 1. The number of anilines is 1. The van der Waals surface area contributed by atoms with E-state index < -0.39 is 11.9 Å². The summed E-state index contributed by atoms with van der Waals surface area (Å²) in [5.74, 6) is -1.02. The Morgan fingerprint density at radius 1 is 1.38 bits per heavy atom. The smallest absolute Gasteiger partial charge is 0.304 e. The van der Waals surface area contributed by atoms with Crippen LogP contribution in [0.2, 0.25) is 0 Å². The second-order valence-electron chi connectivity index (χ2n) is 5.67. The molecule has 1 aliphatic rings. The van der Waals surface area contributed by atoms with Gasteiger partial charge in [0.05, 0.1) is 18.9 Å². The zero-order valence-electron chi connectivity index (χ0n) is 13.3. The molecule has 1 atom stereocenters. The van der Waals surface area contributed by atoms with E-state index in [1.165, 1.54) is 0 Å². The van der Waals surface area contributed by atoms with Gasteiger partial charge in [-0.3, -0.25) is 14.6 Å². The van der Waals surface area contributed by atoms with E-state index in [2.05, 4.69) is 10.3 Å². The number of guanidine groups is 1. The Labute approximate surface area is 139 Å². The summed E-state index contributed by atoms with van der Waals surface area (Å²) in [7, 11) is 0. The van der Waals surface area contributed by atoms with Crippen LogP contribution in [0.1, 0.15) is 24.8 Å². The Kier molecular flexibility index (Phi) is 6.00. The summed E-state index contributed by atoms with van der Waals surface area (Å²) < 4.78 is 5.65. The zero-order chi connectivity index (χ0) is 17.5. The molecule has 8 heteroatoms. The van der Waals surface area contributed by atoms with E-state index in [1.54, 1.807) is 6.07 Å². The van der Waals surface area contributed by atoms with Crippen molar-refractivity contribution in [2.45, 2.75) is 25.7 Å². The van der Waals surface area contributed by atoms with Crippen LogP contribution >= 0.6 is 0 Å². The Balaban J connectivity index is 1.86. The highest BCUT2D eigenvalue weighted by atomic mass is 16.5. The highest BCUT2D eigenvalue weighted by molar-refractivity contribution is 5.97. The van der Waals surface area contributed by atoms with Crippen LogP contribution in [0, 0.1) is 5.92 Å². The van der Waals surface area contributed by atoms with Gasteiger partial charge in [0.1, 0.15) is 5.75 Å². The van der Waals surface area contributed by atoms with Crippen LogP contribution in [-0.2, 0) is 16.0 Å². The third-order valence-electron chi connectivity index (χ3n) is 3.71. The summed E-state index contributed by atoms with van der Waals surface area (Å²) in [4.78, 5) is 26.6. The maximum Gasteiger partial charge on any atom is 0.304 e. The number of carbonyl (C=O) groups is 2. The normalized spacial score (nSPS) is 16.0. The van der Waals surface area contributed by atoms with Crippen LogP contribution in [0.3, 0.4) is 0 Å². The van der Waals surface area contributed by atoms with Crippen LogP contribution in [0.15, 0.2) is 23.2 Å². The number of rotatable bonds is 8. The van der Waals surface area contributed by atoms with E-state index in [0.29, 0.717) is 31.0 Å². The van der Waals surface area contributed by atoms with Crippen LogP contribution in [-0.4, -0.2) is 36.1 Å². The molecule has 1 heterocycles. The number of ether oxygens (including phenoxy) is 1. The molecular weight excluding hydrogens is 312 g/mol. The summed E-state index contributed by atoms with van der Waals surface area (Å²) in [6, 6.07) is 5.45. The van der Waals surface area contributed by atoms with Crippen molar-refractivity contribution < 1.29 is 19.4 Å². The predicted octanol–water partition coefficient (Wildman–Crippen LogP) is 0.704. The van der Waals surface area contributed by atoms with Crippen molar-refractivity contribution in [3.05, 3.63) is 23.8 Å². The van der Waals surface area contributed by atoms with Gasteiger partial charge in [0, 0.05) is 18.3 Å². The second kappa shape index (κ2) is 8.19. The van der Waals surface area contributed by atoms with Gasteiger partial charge in [0.2, 0.25) is 5.91 Å². The molecule has 8 nitrogen and oxygen atoms in total. The van der Waals surface area contributed by atoms with Gasteiger partial charge in [-0.05, 0) is 30.9 Å². The summed E-state index contributed by atoms with van der Waals surface area (Å²) >= 11 is 0. The van der Waals surface area contributed by atoms with Crippen molar-refractivity contribution in [3.63, 3.8) is 0 Å². The molecule has 0 fully saturated rings. The largest absolute Gasteiger partial charge is 0.494 e. The minimum atomic E-state index is -0.973. The predicted molar refractivity (Wildman–Crippen MR) is 89.9 cm³/mol. The number of hydrogen-bond acceptors (Lipinski definition) is 4. The number of nitrogens with zero attached hydrogens (tertiary/aromatic N) is 1. The lowest BCUT2D eigenvalue weighted by molar-refractivity contribution is -0.140. The number of amides is 1. The van der Waals surface area contributed by atoms with E-state index in [4.69, 9.17) is 21.3 Å². The summed E-state index contributed by atoms with van der Waals surface area (Å²) in [5, 5.41) is 11.6. The standard InChI is InChI=1S/C16H22N4O4/c17-16(18)19-5-1-2-6-24-12-4-3-10-7-11(8-14(21)22)15(23)20-13(10)9-12/h3-4,9,11H,1-2,5-8H2,(H,20,23)(H,21,22)(H4,17,18,19). The van der Waals surface area contributed by atoms with Gasteiger partial charge in [-0.2, -0.15) is 0 Å². The van der Waals surface area contributed by atoms with Crippen molar-refractivity contribution in [2.24, 2.45) is 22.4 Å². The first-order valence-corrected chi connectivity index (χ1v) is 7.79. The molecule has 1 amide bonds. The number of aliphatic carboxylic acids is 1. The minimum Gasteiger partial charge on any atom is -0.494 e. The summed E-state index contributed by atoms with van der Waals surface area (Å²) in [6.45, 7) is 1.09. The Morgan fingerprint density at radius 2 is 2.17 bits per heavy atom. The molecule has 6 N–H and O–H groups in total. The molecule has 1 unspecified atom stereocenters. The van der Waals surface area contributed by atoms with Gasteiger partial charge in [0.25, 0.3) is 0 Å². The number of carboxylic acids is 1. The average molecular weight is 334 g/mol. The lowest BCUT2D eigenvalue weighted by Crippen LogP contribution is -2.31. The molecule has 0 aromatic heterocycles. The third-order valence-corrected chi connectivity index (χ3v) is 3.71. The topological polar surface area (TPSA) is 140 Å². The van der Waals surface area contributed by atoms with Gasteiger partial charge in [-0.25, -0.2) is 0 Å². The Bertz CT molecular complexity index is 641. The molecule has 0 radical (unpaired) electrons. The SMILES string of the molecule is NC(N)=NCCCCOc1ccc2c(c1)NC(=O)C(CC(=O)O)C2. The number of fused-ring (bicyclic) bond motifs is 1. The van der Waals surface area contributed by atoms with Gasteiger partial charge >= 0.3 is 5.97 Å². The molecule has 2 rings (SSSR count). The first-order valence-electron chi connectivity index (χ1n) is 7.79. The van der Waals surface area contributed by atoms with E-state index in [9.17, 15) is 9.59 Å². The van der Waals surface area contributed by atoms with Crippen LogP contribution in [0.4, 0.5) is 5.69 Å². The summed E-state index contributed by atoms with van der Waals surface area (Å²) in [5.41, 5.74) is 12.1. The molecule has 130 valence electrons. The van der Waals surface area contributed by atoms with Crippen LogP contribution in [0.5, 0.6) is 5.75 Å². The van der Waals surface area contributed by atoms with Crippen molar-refractivity contribution in [1.82, 2.24) is 0 Å². The molecule has 0 aliphatic carbocycles. The number of carbonyl (C=O) groups excluding carboxylic acids is 1. The number of nitrogens with two attached hydrogens (primary N) is 2. The number of carboxylic acid groups (broad SMARTS) is 1. The maximum absolute atomic E-state index is 11.9. The first-order chi connectivity index (χ1) is 11.5. The average Bonchev–Trinajstić information content (AvgIpc) is 2.51. The molecule has 1 aromatic carbocycles. The van der Waals surface area contributed by atoms with E-state index in [1.807, 2.05) is 12.1 Å². The Hall–Kier alpha value is -2.77. The Morgan fingerprint density at radius 3 is 2.88 bits per heavy atom. The first kappa shape index (κ1) is 17.6. The molecule has 24 heavy (non-hydrogen) atoms. The van der Waals surface area contributed by atoms with Gasteiger partial charge < -0.3 is 26.6 Å². The van der Waals surface area contributed by atoms with Gasteiger partial charge in [-0.15, -0.1) is 0 Å². The fourth-order valence-electron chi connectivity index (χ4n) is 2.52. The van der Waals surface area contributed by atoms with Gasteiger partial charge in [0.15, 0.2) is 5.96 Å². The quantitative estimate of drug-likeness (QED) is 0.313. The molecular formula is C16H22N4O4. The van der Waals surface area contributed by atoms with Crippen LogP contribution in [0.25, 0.3) is 0 Å². The van der Waals surface area contributed by atoms with Crippen molar-refractivity contribution in [2.75, 3.05) is 18.5 Å². The van der Waals surface area contributed by atoms with Gasteiger partial charge in [-0.1, -0.05) is 6.07 Å². The molecule has 0 bridgehead atoms. The van der Waals surface area contributed by atoms with Crippen molar-refractivity contribution in [3.8, 4) is 5.75 Å². The highest BCUT2D eigenvalue weighted by Gasteiger charge is 2.28. The van der Waals surface area contributed by atoms with Crippen molar-refractivity contribution in [1.29, 1.82) is 0 Å². The molecule has 1 aromatic rings. The fourth-order valence-corrected chi connectivity index (χ4v) is 2.52. The fraction of sp³-hybridized carbons (Fsp3) is 0.438. The lowest BCUT2D eigenvalue weighted by atomic mass is 9.91. The maximum atomic E-state index is 11.9. The number of hydrogen-bond donors (Lipinski definition) is 4. The number of nitrogens with one attached hydrogen (secondary N) is 1. The van der Waals surface area contributed by atoms with E-state index >= 15 is 0 Å². The monoisotopic (exact) mass is 334 g/mol. The zero-order valence-corrected chi connectivity index (χ0v) is 13.3. The molecule has 0 saturated carbocycles. The molecule has 1 aliphatic heterocycles. The third kappa shape index (κ3) is 5.15. The summed E-state index contributed by atoms with van der Waals surface area (Å²) in [6.07, 6.45) is 1.88. The highest BCUT2D eigenvalue weighted by Crippen LogP contribution is 2.30. The number of aliphatic imine (C=N–C) groups is 1. The van der Waals surface area contributed by atoms with E-state index in [-0.39, 0.29) is 18.3 Å². The second-order valence-corrected chi connectivity index (χ2v) is 5.67. The lowest BCUT2D eigenvalue weighted by Gasteiger charge is -2.24. The van der Waals surface area contributed by atoms with E-state index in [0.717, 1.165) is 18.4 Å². The van der Waals surface area contributed by atoms with Crippen molar-refractivity contribution >= 4 is 23.5 Å². The number of benzene rings is 1. The van der Waals surface area contributed by atoms with Crippen LogP contribution < -0.4 is 21.5 Å².